The number of hydrogen-bond acceptors (Lipinski definition) is 2. The summed E-state index contributed by atoms with van der Waals surface area (Å²) < 4.78 is 27.1. The molecule has 1 rings (SSSR count). The SMILES string of the molecule is Cc1cc(F)c(C)c(C(N)CC(=O)O)c1F. The van der Waals surface area contributed by atoms with Gasteiger partial charge in [0.1, 0.15) is 11.6 Å². The van der Waals surface area contributed by atoms with E-state index in [4.69, 9.17) is 10.8 Å². The third-order valence-corrected chi connectivity index (χ3v) is 2.45. The van der Waals surface area contributed by atoms with Crippen molar-refractivity contribution in [3.8, 4) is 0 Å². The lowest BCUT2D eigenvalue weighted by molar-refractivity contribution is -0.137. The van der Waals surface area contributed by atoms with Gasteiger partial charge in [-0.2, -0.15) is 0 Å². The summed E-state index contributed by atoms with van der Waals surface area (Å²) in [6, 6.07) is 0.0358. The van der Waals surface area contributed by atoms with Gasteiger partial charge in [-0.1, -0.05) is 0 Å². The van der Waals surface area contributed by atoms with Crippen molar-refractivity contribution in [2.24, 2.45) is 5.73 Å². The van der Waals surface area contributed by atoms with E-state index in [0.717, 1.165) is 6.07 Å². The van der Waals surface area contributed by atoms with Crippen LogP contribution in [0.2, 0.25) is 0 Å². The molecule has 0 aliphatic rings. The summed E-state index contributed by atoms with van der Waals surface area (Å²) in [5, 5.41) is 8.57. The second-order valence-corrected chi connectivity index (χ2v) is 3.73. The van der Waals surface area contributed by atoms with Crippen LogP contribution in [0.3, 0.4) is 0 Å². The lowest BCUT2D eigenvalue weighted by Crippen LogP contribution is -2.19. The molecule has 16 heavy (non-hydrogen) atoms. The zero-order valence-electron chi connectivity index (χ0n) is 9.05. The van der Waals surface area contributed by atoms with Crippen molar-refractivity contribution in [2.45, 2.75) is 26.3 Å². The minimum Gasteiger partial charge on any atom is -0.481 e. The Morgan fingerprint density at radius 2 is 2.06 bits per heavy atom. The summed E-state index contributed by atoms with van der Waals surface area (Å²) in [6.45, 7) is 2.80. The van der Waals surface area contributed by atoms with E-state index in [9.17, 15) is 13.6 Å². The third kappa shape index (κ3) is 2.36. The van der Waals surface area contributed by atoms with Gasteiger partial charge in [0.25, 0.3) is 0 Å². The Balaban J connectivity index is 3.26. The second kappa shape index (κ2) is 4.57. The van der Waals surface area contributed by atoms with Crippen molar-refractivity contribution in [2.75, 3.05) is 0 Å². The second-order valence-electron chi connectivity index (χ2n) is 3.73. The molecule has 0 fully saturated rings. The summed E-state index contributed by atoms with van der Waals surface area (Å²) in [5.41, 5.74) is 5.68. The maximum atomic E-state index is 13.7. The number of carbonyl (C=O) groups is 1. The van der Waals surface area contributed by atoms with Crippen molar-refractivity contribution in [1.82, 2.24) is 0 Å². The standard InChI is InChI=1S/C11H13F2NO2/c1-5-3-7(12)6(2)10(11(5)13)8(14)4-9(15)16/h3,8H,4,14H2,1-2H3,(H,15,16). The van der Waals surface area contributed by atoms with Gasteiger partial charge in [0.05, 0.1) is 6.42 Å². The average molecular weight is 229 g/mol. The van der Waals surface area contributed by atoms with Crippen LogP contribution in [0.4, 0.5) is 8.78 Å². The van der Waals surface area contributed by atoms with Gasteiger partial charge in [0.2, 0.25) is 0 Å². The van der Waals surface area contributed by atoms with Gasteiger partial charge in [-0.25, -0.2) is 8.78 Å². The predicted molar refractivity (Wildman–Crippen MR) is 55.0 cm³/mol. The topological polar surface area (TPSA) is 63.3 Å². The Morgan fingerprint density at radius 3 is 2.56 bits per heavy atom. The number of rotatable bonds is 3. The number of aliphatic carboxylic acids is 1. The Morgan fingerprint density at radius 1 is 1.50 bits per heavy atom. The first kappa shape index (κ1) is 12.6. The van der Waals surface area contributed by atoms with Crippen molar-refractivity contribution in [3.05, 3.63) is 34.4 Å². The fourth-order valence-electron chi connectivity index (χ4n) is 1.60. The first-order chi connectivity index (χ1) is 7.34. The normalized spacial score (nSPS) is 12.6. The van der Waals surface area contributed by atoms with Crippen LogP contribution >= 0.6 is 0 Å². The van der Waals surface area contributed by atoms with Gasteiger partial charge in [0.15, 0.2) is 0 Å². The molecular weight excluding hydrogens is 216 g/mol. The van der Waals surface area contributed by atoms with Gasteiger partial charge in [-0.05, 0) is 31.0 Å². The Labute approximate surface area is 91.9 Å². The molecule has 0 heterocycles. The average Bonchev–Trinajstić information content (AvgIpc) is 2.14. The summed E-state index contributed by atoms with van der Waals surface area (Å²) in [6.07, 6.45) is -0.430. The van der Waals surface area contributed by atoms with Crippen LogP contribution in [0, 0.1) is 25.5 Å². The van der Waals surface area contributed by atoms with E-state index in [-0.39, 0.29) is 16.7 Å². The summed E-state index contributed by atoms with van der Waals surface area (Å²) in [7, 11) is 0. The molecule has 0 bridgehead atoms. The van der Waals surface area contributed by atoms with Crippen LogP contribution in [0.15, 0.2) is 6.07 Å². The monoisotopic (exact) mass is 229 g/mol. The van der Waals surface area contributed by atoms with E-state index in [2.05, 4.69) is 0 Å². The van der Waals surface area contributed by atoms with Crippen LogP contribution in [-0.2, 0) is 4.79 Å². The molecule has 0 saturated carbocycles. The number of hydrogen-bond donors (Lipinski definition) is 2. The fourth-order valence-corrected chi connectivity index (χ4v) is 1.60. The molecule has 3 N–H and O–H groups in total. The number of benzene rings is 1. The highest BCUT2D eigenvalue weighted by atomic mass is 19.1. The van der Waals surface area contributed by atoms with Gasteiger partial charge < -0.3 is 10.8 Å². The van der Waals surface area contributed by atoms with E-state index in [0.29, 0.717) is 0 Å². The summed E-state index contributed by atoms with van der Waals surface area (Å²) in [5.74, 6) is -2.35. The Bertz CT molecular complexity index is 406. The first-order valence-corrected chi connectivity index (χ1v) is 4.77. The van der Waals surface area contributed by atoms with E-state index in [1.54, 1.807) is 0 Å². The molecule has 1 atom stereocenters. The first-order valence-electron chi connectivity index (χ1n) is 4.77. The summed E-state index contributed by atoms with van der Waals surface area (Å²) in [4.78, 5) is 10.5. The van der Waals surface area contributed by atoms with E-state index in [1.807, 2.05) is 0 Å². The smallest absolute Gasteiger partial charge is 0.305 e. The molecule has 1 aromatic carbocycles. The predicted octanol–water partition coefficient (Wildman–Crippen LogP) is 2.06. The largest absolute Gasteiger partial charge is 0.481 e. The quantitative estimate of drug-likeness (QED) is 0.833. The highest BCUT2D eigenvalue weighted by Crippen LogP contribution is 2.26. The van der Waals surface area contributed by atoms with Gasteiger partial charge in [0, 0.05) is 11.6 Å². The molecule has 88 valence electrons. The zero-order valence-corrected chi connectivity index (χ0v) is 9.05. The zero-order chi connectivity index (χ0) is 12.5. The highest BCUT2D eigenvalue weighted by Gasteiger charge is 2.21. The van der Waals surface area contributed by atoms with Gasteiger partial charge in [-0.3, -0.25) is 4.79 Å². The van der Waals surface area contributed by atoms with Crippen molar-refractivity contribution in [3.63, 3.8) is 0 Å². The van der Waals surface area contributed by atoms with E-state index < -0.39 is 30.1 Å². The molecule has 0 aliphatic heterocycles. The molecule has 0 saturated heterocycles. The lowest BCUT2D eigenvalue weighted by Gasteiger charge is -2.15. The molecule has 0 aliphatic carbocycles. The van der Waals surface area contributed by atoms with Crippen molar-refractivity contribution >= 4 is 5.97 Å². The molecule has 1 unspecified atom stereocenters. The molecule has 3 nitrogen and oxygen atoms in total. The lowest BCUT2D eigenvalue weighted by atomic mass is 9.96. The third-order valence-electron chi connectivity index (χ3n) is 2.45. The number of aryl methyl sites for hydroxylation is 1. The summed E-state index contributed by atoms with van der Waals surface area (Å²) >= 11 is 0. The highest BCUT2D eigenvalue weighted by molar-refractivity contribution is 5.68. The molecule has 0 radical (unpaired) electrons. The number of carboxylic acid groups (broad SMARTS) is 1. The van der Waals surface area contributed by atoms with Crippen LogP contribution in [0.25, 0.3) is 0 Å². The molecule has 0 spiro atoms. The number of nitrogens with two attached hydrogens (primary N) is 1. The minimum absolute atomic E-state index is 0.0556. The van der Waals surface area contributed by atoms with Crippen molar-refractivity contribution in [1.29, 1.82) is 0 Å². The molecule has 0 amide bonds. The molecule has 5 heteroatoms. The molecule has 0 aromatic heterocycles. The van der Waals surface area contributed by atoms with Gasteiger partial charge in [-0.15, -0.1) is 0 Å². The van der Waals surface area contributed by atoms with Crippen LogP contribution < -0.4 is 5.73 Å². The van der Waals surface area contributed by atoms with Gasteiger partial charge >= 0.3 is 5.97 Å². The van der Waals surface area contributed by atoms with Crippen LogP contribution in [0.1, 0.15) is 29.2 Å². The van der Waals surface area contributed by atoms with Crippen LogP contribution in [0.5, 0.6) is 0 Å². The Kier molecular flexibility index (Phi) is 3.59. The fraction of sp³-hybridized carbons (Fsp3) is 0.364. The maximum Gasteiger partial charge on any atom is 0.305 e. The van der Waals surface area contributed by atoms with E-state index in [1.165, 1.54) is 13.8 Å². The minimum atomic E-state index is -1.15. The maximum absolute atomic E-state index is 13.7. The Hall–Kier alpha value is -1.49. The number of carboxylic acids is 1. The van der Waals surface area contributed by atoms with Crippen molar-refractivity contribution < 1.29 is 18.7 Å². The number of halogens is 2. The van der Waals surface area contributed by atoms with Crippen LogP contribution in [-0.4, -0.2) is 11.1 Å². The molecular formula is C11H13F2NO2. The van der Waals surface area contributed by atoms with E-state index >= 15 is 0 Å². The molecule has 1 aromatic rings.